The normalized spacial score (nSPS) is 11.3. The number of hydrogen-bond acceptors (Lipinski definition) is 4. The number of nitrogens with zero attached hydrogens (tertiary/aromatic N) is 2. The Kier molecular flexibility index (Phi) is 3.46. The molecule has 0 atom stereocenters. The van der Waals surface area contributed by atoms with Gasteiger partial charge in [-0.15, -0.1) is 0 Å². The third-order valence-electron chi connectivity index (χ3n) is 1.61. The fourth-order valence-electron chi connectivity index (χ4n) is 1.02. The van der Waals surface area contributed by atoms with E-state index in [4.69, 9.17) is 0 Å². The van der Waals surface area contributed by atoms with E-state index in [0.717, 1.165) is 0 Å². The molecule has 0 saturated heterocycles. The van der Waals surface area contributed by atoms with Crippen molar-refractivity contribution in [2.75, 3.05) is 6.61 Å². The van der Waals surface area contributed by atoms with Gasteiger partial charge in [-0.2, -0.15) is 13.2 Å². The molecule has 0 aliphatic heterocycles. The lowest BCUT2D eigenvalue weighted by atomic mass is 10.3. The van der Waals surface area contributed by atoms with Gasteiger partial charge in [-0.3, -0.25) is 0 Å². The van der Waals surface area contributed by atoms with Crippen molar-refractivity contribution in [3.05, 3.63) is 23.3 Å². The molecule has 16 heavy (non-hydrogen) atoms. The smallest absolute Gasteiger partial charge is 0.433 e. The fourth-order valence-corrected chi connectivity index (χ4v) is 1.02. The van der Waals surface area contributed by atoms with E-state index in [1.165, 1.54) is 6.92 Å². The van der Waals surface area contributed by atoms with Crippen LogP contribution in [0.15, 0.2) is 6.07 Å². The van der Waals surface area contributed by atoms with Crippen LogP contribution in [-0.4, -0.2) is 22.5 Å². The van der Waals surface area contributed by atoms with E-state index >= 15 is 0 Å². The molecule has 88 valence electrons. The number of aromatic nitrogens is 2. The maximum Gasteiger partial charge on any atom is 0.433 e. The second kappa shape index (κ2) is 4.46. The lowest BCUT2D eigenvalue weighted by molar-refractivity contribution is -0.141. The zero-order valence-corrected chi connectivity index (χ0v) is 8.63. The predicted octanol–water partition coefficient (Wildman–Crippen LogP) is 1.98. The Bertz CT molecular complexity index is 404. The molecular weight excluding hydrogens is 225 g/mol. The molecule has 0 saturated carbocycles. The zero-order chi connectivity index (χ0) is 12.3. The molecule has 0 amide bonds. The Morgan fingerprint density at radius 2 is 2.06 bits per heavy atom. The van der Waals surface area contributed by atoms with E-state index in [0.29, 0.717) is 6.07 Å². The van der Waals surface area contributed by atoms with Gasteiger partial charge in [0.15, 0.2) is 5.69 Å². The summed E-state index contributed by atoms with van der Waals surface area (Å²) >= 11 is 0. The van der Waals surface area contributed by atoms with Crippen molar-refractivity contribution in [3.8, 4) is 0 Å². The van der Waals surface area contributed by atoms with E-state index in [-0.39, 0.29) is 18.1 Å². The summed E-state index contributed by atoms with van der Waals surface area (Å²) in [5.41, 5.74) is -1.54. The Morgan fingerprint density at radius 1 is 1.44 bits per heavy atom. The van der Waals surface area contributed by atoms with Gasteiger partial charge in [0.05, 0.1) is 6.61 Å². The highest BCUT2D eigenvalue weighted by atomic mass is 19.4. The van der Waals surface area contributed by atoms with Crippen molar-refractivity contribution in [1.29, 1.82) is 0 Å². The number of halogens is 3. The summed E-state index contributed by atoms with van der Waals surface area (Å²) < 4.78 is 41.6. The second-order valence-corrected chi connectivity index (χ2v) is 2.90. The minimum Gasteiger partial charge on any atom is -0.461 e. The summed E-state index contributed by atoms with van der Waals surface area (Å²) in [5, 5.41) is 0. The van der Waals surface area contributed by atoms with Crippen molar-refractivity contribution in [1.82, 2.24) is 9.97 Å². The maximum absolute atomic E-state index is 12.4. The number of carbonyl (C=O) groups excluding carboxylic acids is 1. The molecule has 7 heteroatoms. The van der Waals surface area contributed by atoms with E-state index in [9.17, 15) is 18.0 Å². The van der Waals surface area contributed by atoms with Crippen LogP contribution in [0.3, 0.4) is 0 Å². The molecule has 0 aliphatic carbocycles. The van der Waals surface area contributed by atoms with Gasteiger partial charge in [-0.1, -0.05) is 0 Å². The third kappa shape index (κ3) is 2.91. The monoisotopic (exact) mass is 234 g/mol. The molecule has 0 spiro atoms. The second-order valence-electron chi connectivity index (χ2n) is 2.90. The molecular formula is C9H9F3N2O2. The summed E-state index contributed by atoms with van der Waals surface area (Å²) in [4.78, 5) is 18.0. The minimum absolute atomic E-state index is 0.0727. The van der Waals surface area contributed by atoms with E-state index in [1.54, 1.807) is 6.92 Å². The number of esters is 1. The van der Waals surface area contributed by atoms with Crippen LogP contribution >= 0.6 is 0 Å². The third-order valence-corrected chi connectivity index (χ3v) is 1.61. The zero-order valence-electron chi connectivity index (χ0n) is 8.63. The van der Waals surface area contributed by atoms with Crippen LogP contribution in [0.25, 0.3) is 0 Å². The Morgan fingerprint density at radius 3 is 2.56 bits per heavy atom. The van der Waals surface area contributed by atoms with Crippen LogP contribution in [0.4, 0.5) is 13.2 Å². The average molecular weight is 234 g/mol. The van der Waals surface area contributed by atoms with Crippen molar-refractivity contribution in [2.24, 2.45) is 0 Å². The Labute approximate surface area is 89.5 Å². The van der Waals surface area contributed by atoms with Gasteiger partial charge in [-0.05, 0) is 13.8 Å². The van der Waals surface area contributed by atoms with Crippen LogP contribution in [0, 0.1) is 6.92 Å². The van der Waals surface area contributed by atoms with Gasteiger partial charge in [0, 0.05) is 6.07 Å². The molecule has 1 aromatic heterocycles. The topological polar surface area (TPSA) is 52.1 Å². The number of hydrogen-bond donors (Lipinski definition) is 0. The van der Waals surface area contributed by atoms with Crippen LogP contribution in [0.1, 0.15) is 28.9 Å². The van der Waals surface area contributed by atoms with E-state index < -0.39 is 17.8 Å². The Balaban J connectivity index is 3.13. The lowest BCUT2D eigenvalue weighted by Gasteiger charge is -2.08. The van der Waals surface area contributed by atoms with Gasteiger partial charge in [0.1, 0.15) is 11.5 Å². The molecule has 0 aromatic carbocycles. The summed E-state index contributed by atoms with van der Waals surface area (Å²) in [7, 11) is 0. The molecule has 1 heterocycles. The standard InChI is InChI=1S/C9H9F3N2O2/c1-3-16-8(15)6-4-7(9(10,11)12)14-5(2)13-6/h4H,3H2,1-2H3. The van der Waals surface area contributed by atoms with E-state index in [2.05, 4.69) is 14.7 Å². The average Bonchev–Trinajstić information content (AvgIpc) is 2.16. The molecule has 0 fully saturated rings. The van der Waals surface area contributed by atoms with Crippen molar-refractivity contribution in [3.63, 3.8) is 0 Å². The molecule has 4 nitrogen and oxygen atoms in total. The summed E-state index contributed by atoms with van der Waals surface area (Å²) in [6.07, 6.45) is -4.60. The molecule has 0 bridgehead atoms. The molecule has 0 unspecified atom stereocenters. The predicted molar refractivity (Wildman–Crippen MR) is 47.7 cm³/mol. The quantitative estimate of drug-likeness (QED) is 0.734. The highest BCUT2D eigenvalue weighted by Crippen LogP contribution is 2.27. The number of rotatable bonds is 2. The van der Waals surface area contributed by atoms with Gasteiger partial charge in [-0.25, -0.2) is 14.8 Å². The van der Waals surface area contributed by atoms with Crippen LogP contribution in [-0.2, 0) is 10.9 Å². The largest absolute Gasteiger partial charge is 0.461 e. The highest BCUT2D eigenvalue weighted by molar-refractivity contribution is 5.87. The van der Waals surface area contributed by atoms with Gasteiger partial charge in [0.25, 0.3) is 0 Å². The van der Waals surface area contributed by atoms with Crippen molar-refractivity contribution < 1.29 is 22.7 Å². The fraction of sp³-hybridized carbons (Fsp3) is 0.444. The van der Waals surface area contributed by atoms with Crippen LogP contribution in [0.5, 0.6) is 0 Å². The van der Waals surface area contributed by atoms with Crippen molar-refractivity contribution >= 4 is 5.97 Å². The summed E-state index contributed by atoms with van der Waals surface area (Å²) in [6, 6.07) is 0.574. The lowest BCUT2D eigenvalue weighted by Crippen LogP contribution is -2.15. The molecule has 0 aliphatic rings. The number of alkyl halides is 3. The molecule has 0 radical (unpaired) electrons. The van der Waals surface area contributed by atoms with Crippen molar-refractivity contribution in [2.45, 2.75) is 20.0 Å². The maximum atomic E-state index is 12.4. The summed E-state index contributed by atoms with van der Waals surface area (Å²) in [6.45, 7) is 2.90. The van der Waals surface area contributed by atoms with Gasteiger partial charge < -0.3 is 4.74 Å². The van der Waals surface area contributed by atoms with Crippen LogP contribution in [0.2, 0.25) is 0 Å². The molecule has 1 rings (SSSR count). The van der Waals surface area contributed by atoms with Crippen LogP contribution < -0.4 is 0 Å². The summed E-state index contributed by atoms with van der Waals surface area (Å²) in [5.74, 6) is -1.02. The first kappa shape index (κ1) is 12.4. The highest BCUT2D eigenvalue weighted by Gasteiger charge is 2.34. The van der Waals surface area contributed by atoms with Gasteiger partial charge >= 0.3 is 12.1 Å². The molecule has 1 aromatic rings. The Hall–Kier alpha value is -1.66. The minimum atomic E-state index is -4.60. The molecule has 0 N–H and O–H groups in total. The first-order chi connectivity index (χ1) is 7.34. The number of carbonyl (C=O) groups is 1. The first-order valence-electron chi connectivity index (χ1n) is 4.44. The SMILES string of the molecule is CCOC(=O)c1cc(C(F)(F)F)nc(C)n1. The first-order valence-corrected chi connectivity index (χ1v) is 4.44. The van der Waals surface area contributed by atoms with E-state index in [1.807, 2.05) is 0 Å². The van der Waals surface area contributed by atoms with Gasteiger partial charge in [0.2, 0.25) is 0 Å². The number of ether oxygens (including phenoxy) is 1. The number of aryl methyl sites for hydroxylation is 1.